The summed E-state index contributed by atoms with van der Waals surface area (Å²) in [5.74, 6) is -0.175. The number of unbranched alkanes of at least 4 members (excludes halogenated alkanes) is 1. The van der Waals surface area contributed by atoms with Crippen LogP contribution in [0.1, 0.15) is 58.8 Å². The number of rotatable bonds is 6. The Morgan fingerprint density at radius 3 is 2.60 bits per heavy atom. The summed E-state index contributed by atoms with van der Waals surface area (Å²) in [4.78, 5) is 37.6. The highest BCUT2D eigenvalue weighted by Gasteiger charge is 2.47. The minimum absolute atomic E-state index is 0.0331. The number of carbonyl (C=O) groups is 3. The third kappa shape index (κ3) is 2.86. The van der Waals surface area contributed by atoms with Crippen LogP contribution < -0.4 is 5.32 Å². The monoisotopic (exact) mass is 280 g/mol. The van der Waals surface area contributed by atoms with Crippen molar-refractivity contribution in [2.75, 3.05) is 6.54 Å². The average molecular weight is 280 g/mol. The van der Waals surface area contributed by atoms with Crippen molar-refractivity contribution in [2.24, 2.45) is 5.92 Å². The number of nitrogens with one attached hydrogen (secondary N) is 1. The molecule has 2 aliphatic rings. The summed E-state index contributed by atoms with van der Waals surface area (Å²) in [7, 11) is 0. The normalized spacial score (nSPS) is 27.2. The number of imide groups is 1. The van der Waals surface area contributed by atoms with Crippen molar-refractivity contribution in [3.05, 3.63) is 0 Å². The van der Waals surface area contributed by atoms with Gasteiger partial charge in [0.15, 0.2) is 5.78 Å². The number of hydrogen-bond acceptors (Lipinski definition) is 3. The van der Waals surface area contributed by atoms with Gasteiger partial charge >= 0.3 is 6.03 Å². The first-order valence-corrected chi connectivity index (χ1v) is 7.65. The van der Waals surface area contributed by atoms with E-state index in [0.29, 0.717) is 6.42 Å². The van der Waals surface area contributed by atoms with Gasteiger partial charge in [-0.3, -0.25) is 14.5 Å². The van der Waals surface area contributed by atoms with Gasteiger partial charge in [0, 0.05) is 5.92 Å². The van der Waals surface area contributed by atoms with Crippen LogP contribution in [-0.4, -0.2) is 34.7 Å². The lowest BCUT2D eigenvalue weighted by Crippen LogP contribution is -2.44. The van der Waals surface area contributed by atoms with Crippen LogP contribution in [0.15, 0.2) is 0 Å². The van der Waals surface area contributed by atoms with Gasteiger partial charge in [-0.2, -0.15) is 0 Å². The standard InChI is InChI=1S/C15H24N2O3/c1-3-4-9-15(2)13(19)17(14(20)16-15)10-12(18)11-7-5-6-8-11/h11H,3-10H2,1-2H3,(H,16,20). The fraction of sp³-hybridized carbons (Fsp3) is 0.800. The van der Waals surface area contributed by atoms with Crippen LogP contribution in [0.4, 0.5) is 4.79 Å². The maximum atomic E-state index is 12.4. The number of nitrogens with zero attached hydrogens (tertiary/aromatic N) is 1. The van der Waals surface area contributed by atoms with Crippen LogP contribution in [0.2, 0.25) is 0 Å². The molecule has 20 heavy (non-hydrogen) atoms. The van der Waals surface area contributed by atoms with Gasteiger partial charge in [-0.15, -0.1) is 0 Å². The molecule has 3 amide bonds. The third-order valence-corrected chi connectivity index (χ3v) is 4.50. The van der Waals surface area contributed by atoms with E-state index in [1.807, 2.05) is 6.92 Å². The molecule has 1 aliphatic carbocycles. The summed E-state index contributed by atoms with van der Waals surface area (Å²) in [5, 5.41) is 2.75. The second-order valence-electron chi connectivity index (χ2n) is 6.20. The maximum absolute atomic E-state index is 12.4. The molecule has 2 rings (SSSR count). The molecule has 1 saturated carbocycles. The first-order valence-electron chi connectivity index (χ1n) is 7.65. The van der Waals surface area contributed by atoms with Gasteiger partial charge in [0.05, 0.1) is 6.54 Å². The Kier molecular flexibility index (Phi) is 4.45. The Balaban J connectivity index is 1.99. The van der Waals surface area contributed by atoms with Crippen LogP contribution in [0, 0.1) is 5.92 Å². The minimum Gasteiger partial charge on any atom is -0.323 e. The molecular formula is C15H24N2O3. The molecular weight excluding hydrogens is 256 g/mol. The topological polar surface area (TPSA) is 66.5 Å². The van der Waals surface area contributed by atoms with Gasteiger partial charge in [-0.25, -0.2) is 4.79 Å². The van der Waals surface area contributed by atoms with Gasteiger partial charge in [0.2, 0.25) is 0 Å². The number of amides is 3. The Morgan fingerprint density at radius 1 is 1.35 bits per heavy atom. The van der Waals surface area contributed by atoms with Crippen LogP contribution in [-0.2, 0) is 9.59 Å². The van der Waals surface area contributed by atoms with E-state index in [0.717, 1.165) is 43.4 Å². The molecule has 1 saturated heterocycles. The fourth-order valence-electron chi connectivity index (χ4n) is 3.12. The molecule has 1 unspecified atom stereocenters. The Labute approximate surface area is 120 Å². The van der Waals surface area contributed by atoms with E-state index in [1.165, 1.54) is 0 Å². The van der Waals surface area contributed by atoms with E-state index in [4.69, 9.17) is 0 Å². The molecule has 0 aromatic carbocycles. The maximum Gasteiger partial charge on any atom is 0.325 e. The quantitative estimate of drug-likeness (QED) is 0.759. The molecule has 1 aliphatic heterocycles. The molecule has 0 aromatic heterocycles. The molecule has 0 bridgehead atoms. The van der Waals surface area contributed by atoms with Crippen LogP contribution in [0.25, 0.3) is 0 Å². The fourth-order valence-corrected chi connectivity index (χ4v) is 3.12. The van der Waals surface area contributed by atoms with Crippen molar-refractivity contribution >= 4 is 17.7 Å². The average Bonchev–Trinajstić information content (AvgIpc) is 3.01. The van der Waals surface area contributed by atoms with Gasteiger partial charge in [0.1, 0.15) is 5.54 Å². The largest absolute Gasteiger partial charge is 0.325 e. The highest BCUT2D eigenvalue weighted by Crippen LogP contribution is 2.28. The molecule has 112 valence electrons. The summed E-state index contributed by atoms with van der Waals surface area (Å²) >= 11 is 0. The lowest BCUT2D eigenvalue weighted by molar-refractivity contribution is -0.135. The van der Waals surface area contributed by atoms with E-state index in [-0.39, 0.29) is 24.2 Å². The highest BCUT2D eigenvalue weighted by atomic mass is 16.2. The predicted molar refractivity (Wildman–Crippen MR) is 75.1 cm³/mol. The van der Waals surface area contributed by atoms with Crippen molar-refractivity contribution in [1.29, 1.82) is 0 Å². The molecule has 2 fully saturated rings. The first-order chi connectivity index (χ1) is 9.48. The van der Waals surface area contributed by atoms with E-state index in [1.54, 1.807) is 6.92 Å². The van der Waals surface area contributed by atoms with E-state index < -0.39 is 11.6 Å². The van der Waals surface area contributed by atoms with Crippen molar-refractivity contribution in [2.45, 2.75) is 64.3 Å². The zero-order valence-corrected chi connectivity index (χ0v) is 12.4. The van der Waals surface area contributed by atoms with Crippen LogP contribution in [0.5, 0.6) is 0 Å². The zero-order chi connectivity index (χ0) is 14.8. The number of ketones is 1. The van der Waals surface area contributed by atoms with E-state index >= 15 is 0 Å². The highest BCUT2D eigenvalue weighted by molar-refractivity contribution is 6.09. The van der Waals surface area contributed by atoms with E-state index in [2.05, 4.69) is 5.32 Å². The van der Waals surface area contributed by atoms with Gasteiger partial charge in [-0.05, 0) is 26.2 Å². The first kappa shape index (κ1) is 15.0. The van der Waals surface area contributed by atoms with Crippen LogP contribution in [0.3, 0.4) is 0 Å². The lowest BCUT2D eigenvalue weighted by Gasteiger charge is -2.21. The van der Waals surface area contributed by atoms with Crippen molar-refractivity contribution in [3.8, 4) is 0 Å². The Morgan fingerprint density at radius 2 is 2.00 bits per heavy atom. The SMILES string of the molecule is CCCCC1(C)NC(=O)N(CC(=O)C2CCCC2)C1=O. The Hall–Kier alpha value is -1.39. The molecule has 0 radical (unpaired) electrons. The van der Waals surface area contributed by atoms with Crippen molar-refractivity contribution in [3.63, 3.8) is 0 Å². The molecule has 0 spiro atoms. The summed E-state index contributed by atoms with van der Waals surface area (Å²) in [6, 6.07) is -0.417. The molecule has 1 heterocycles. The summed E-state index contributed by atoms with van der Waals surface area (Å²) in [6.07, 6.45) is 6.43. The summed E-state index contributed by atoms with van der Waals surface area (Å²) in [6.45, 7) is 3.74. The lowest BCUT2D eigenvalue weighted by atomic mass is 9.95. The van der Waals surface area contributed by atoms with Crippen molar-refractivity contribution < 1.29 is 14.4 Å². The smallest absolute Gasteiger partial charge is 0.323 e. The van der Waals surface area contributed by atoms with E-state index in [9.17, 15) is 14.4 Å². The Bertz CT molecular complexity index is 415. The molecule has 0 aromatic rings. The summed E-state index contributed by atoms with van der Waals surface area (Å²) in [5.41, 5.74) is -0.830. The molecule has 5 heteroatoms. The third-order valence-electron chi connectivity index (χ3n) is 4.50. The summed E-state index contributed by atoms with van der Waals surface area (Å²) < 4.78 is 0. The predicted octanol–water partition coefficient (Wildman–Crippen LogP) is 2.25. The van der Waals surface area contributed by atoms with Gasteiger partial charge in [0.25, 0.3) is 5.91 Å². The molecule has 5 nitrogen and oxygen atoms in total. The van der Waals surface area contributed by atoms with Gasteiger partial charge in [-0.1, -0.05) is 32.6 Å². The number of carbonyl (C=O) groups excluding carboxylic acids is 3. The minimum atomic E-state index is -0.830. The second-order valence-corrected chi connectivity index (χ2v) is 6.20. The molecule has 1 atom stereocenters. The van der Waals surface area contributed by atoms with Crippen LogP contribution >= 0.6 is 0 Å². The van der Waals surface area contributed by atoms with Gasteiger partial charge < -0.3 is 5.32 Å². The number of Topliss-reactive ketones (excluding diaryl/α,β-unsaturated/α-hetero) is 1. The molecule has 1 N–H and O–H groups in total. The number of hydrogen-bond donors (Lipinski definition) is 1. The second kappa shape index (κ2) is 5.94. The van der Waals surface area contributed by atoms with Crippen molar-refractivity contribution in [1.82, 2.24) is 10.2 Å². The zero-order valence-electron chi connectivity index (χ0n) is 12.4. The number of urea groups is 1.